The van der Waals surface area contributed by atoms with Crippen molar-refractivity contribution in [2.45, 2.75) is 175 Å². The molecule has 0 saturated heterocycles. The van der Waals surface area contributed by atoms with Gasteiger partial charge in [-0.15, -0.1) is 0 Å². The Hall–Kier alpha value is -3.93. The van der Waals surface area contributed by atoms with Crippen LogP contribution in [0.15, 0.2) is 109 Å². The molecular formula is C50H78O6. The van der Waals surface area contributed by atoms with Gasteiger partial charge in [-0.3, -0.25) is 14.4 Å². The van der Waals surface area contributed by atoms with Gasteiger partial charge in [0.2, 0.25) is 0 Å². The van der Waals surface area contributed by atoms with Gasteiger partial charge >= 0.3 is 17.9 Å². The second-order valence-corrected chi connectivity index (χ2v) is 13.8. The molecule has 1 unspecified atom stereocenters. The molecule has 0 aromatic rings. The number of ether oxygens (including phenoxy) is 3. The van der Waals surface area contributed by atoms with Crippen molar-refractivity contribution in [1.29, 1.82) is 0 Å². The zero-order valence-electron chi connectivity index (χ0n) is 35.6. The van der Waals surface area contributed by atoms with Gasteiger partial charge in [-0.1, -0.05) is 156 Å². The van der Waals surface area contributed by atoms with E-state index in [1.807, 2.05) is 0 Å². The van der Waals surface area contributed by atoms with Crippen molar-refractivity contribution in [3.05, 3.63) is 109 Å². The molecule has 0 heterocycles. The molecule has 0 rings (SSSR count). The molecule has 314 valence electrons. The molecular weight excluding hydrogens is 697 g/mol. The minimum Gasteiger partial charge on any atom is -0.462 e. The molecule has 0 aliphatic carbocycles. The van der Waals surface area contributed by atoms with E-state index in [2.05, 4.69) is 130 Å². The normalized spacial score (nSPS) is 13.1. The van der Waals surface area contributed by atoms with Gasteiger partial charge in [0.25, 0.3) is 0 Å². The van der Waals surface area contributed by atoms with Crippen molar-refractivity contribution < 1.29 is 28.6 Å². The molecule has 1 atom stereocenters. The first-order valence-electron chi connectivity index (χ1n) is 21.9. The Kier molecular flexibility index (Phi) is 40.7. The number of esters is 3. The summed E-state index contributed by atoms with van der Waals surface area (Å²) in [6.45, 7) is 6.21. The second-order valence-electron chi connectivity index (χ2n) is 13.8. The van der Waals surface area contributed by atoms with E-state index in [0.717, 1.165) is 103 Å². The summed E-state index contributed by atoms with van der Waals surface area (Å²) in [4.78, 5) is 37.6. The van der Waals surface area contributed by atoms with Gasteiger partial charge in [0.15, 0.2) is 6.10 Å². The zero-order chi connectivity index (χ0) is 40.8. The summed E-state index contributed by atoms with van der Waals surface area (Å²) in [6.07, 6.45) is 58.0. The van der Waals surface area contributed by atoms with E-state index in [9.17, 15) is 14.4 Å². The lowest BCUT2D eigenvalue weighted by atomic mass is 10.1. The summed E-state index contributed by atoms with van der Waals surface area (Å²) in [6, 6.07) is 0. The van der Waals surface area contributed by atoms with Crippen molar-refractivity contribution in [1.82, 2.24) is 0 Å². The highest BCUT2D eigenvalue weighted by atomic mass is 16.6. The summed E-state index contributed by atoms with van der Waals surface area (Å²) in [5.74, 6) is -1.07. The Morgan fingerprint density at radius 3 is 1.16 bits per heavy atom. The summed E-state index contributed by atoms with van der Waals surface area (Å²) >= 11 is 0. The molecule has 56 heavy (non-hydrogen) atoms. The fraction of sp³-hybridized carbons (Fsp3) is 0.580. The molecule has 0 aliphatic heterocycles. The van der Waals surface area contributed by atoms with Crippen LogP contribution in [0.3, 0.4) is 0 Å². The van der Waals surface area contributed by atoms with Gasteiger partial charge in [-0.05, 0) is 103 Å². The first-order valence-corrected chi connectivity index (χ1v) is 21.9. The Labute approximate surface area is 342 Å². The molecule has 0 saturated carbocycles. The zero-order valence-corrected chi connectivity index (χ0v) is 35.6. The molecule has 0 aliphatic rings. The summed E-state index contributed by atoms with van der Waals surface area (Å²) in [5.41, 5.74) is 0. The van der Waals surface area contributed by atoms with Crippen LogP contribution in [-0.2, 0) is 28.6 Å². The number of unbranched alkanes of at least 4 members (excludes halogenated alkanes) is 8. The van der Waals surface area contributed by atoms with Crippen molar-refractivity contribution >= 4 is 17.9 Å². The van der Waals surface area contributed by atoms with Gasteiger partial charge in [0, 0.05) is 19.3 Å². The first kappa shape index (κ1) is 52.1. The lowest BCUT2D eigenvalue weighted by Crippen LogP contribution is -2.30. The Balaban J connectivity index is 4.55. The first-order chi connectivity index (χ1) is 27.5. The highest BCUT2D eigenvalue weighted by Gasteiger charge is 2.19. The van der Waals surface area contributed by atoms with Crippen molar-refractivity contribution in [3.63, 3.8) is 0 Å². The largest absolute Gasteiger partial charge is 0.462 e. The highest BCUT2D eigenvalue weighted by molar-refractivity contribution is 5.71. The van der Waals surface area contributed by atoms with Crippen molar-refractivity contribution in [2.75, 3.05) is 13.2 Å². The SMILES string of the molecule is CC/C=C\C/C=C\C/C=C\C/C=C\C/C=C\CCCC(=O)OCC(COC(=O)CCCCCC/C=C\CCCC)OC(=O)CCC/C=C\C/C=C\C/C=C\CC. The van der Waals surface area contributed by atoms with Gasteiger partial charge < -0.3 is 14.2 Å². The number of hydrogen-bond donors (Lipinski definition) is 0. The quantitative estimate of drug-likeness (QED) is 0.0271. The average Bonchev–Trinajstić information content (AvgIpc) is 3.19. The molecule has 0 spiro atoms. The molecule has 0 N–H and O–H groups in total. The second kappa shape index (κ2) is 43.8. The lowest BCUT2D eigenvalue weighted by molar-refractivity contribution is -0.167. The van der Waals surface area contributed by atoms with Crippen LogP contribution in [0.4, 0.5) is 0 Å². The number of carbonyl (C=O) groups is 3. The van der Waals surface area contributed by atoms with E-state index in [4.69, 9.17) is 14.2 Å². The van der Waals surface area contributed by atoms with E-state index < -0.39 is 6.10 Å². The summed E-state index contributed by atoms with van der Waals surface area (Å²) in [5, 5.41) is 0. The Bertz CT molecular complexity index is 1210. The molecule has 0 amide bonds. The average molecular weight is 775 g/mol. The van der Waals surface area contributed by atoms with Crippen LogP contribution in [0.2, 0.25) is 0 Å². The minimum absolute atomic E-state index is 0.125. The van der Waals surface area contributed by atoms with Crippen molar-refractivity contribution in [3.8, 4) is 0 Å². The van der Waals surface area contributed by atoms with E-state index in [1.165, 1.54) is 12.8 Å². The molecule has 6 heteroatoms. The van der Waals surface area contributed by atoms with Crippen LogP contribution in [0.1, 0.15) is 168 Å². The van der Waals surface area contributed by atoms with Gasteiger partial charge in [-0.2, -0.15) is 0 Å². The molecule has 6 nitrogen and oxygen atoms in total. The maximum absolute atomic E-state index is 12.7. The molecule has 0 radical (unpaired) electrons. The van der Waals surface area contributed by atoms with E-state index in [1.54, 1.807) is 0 Å². The predicted octanol–water partition coefficient (Wildman–Crippen LogP) is 14.0. The molecule has 0 aromatic heterocycles. The molecule has 0 fully saturated rings. The standard InChI is InChI=1S/C50H78O6/c1-4-7-10-13-16-19-22-23-24-25-26-27-29-31-34-37-40-43-49(52)55-46-47(45-54-48(51)42-39-36-33-30-21-18-15-12-9-6-3)56-50(53)44-41-38-35-32-28-20-17-14-11-8-5-2/h7-8,10-11,15-20,23-24,26-27,31-32,34-35,47H,4-6,9,12-14,21-22,25,28-30,33,36-46H2,1-3H3/b10-7-,11-8-,18-15-,19-16-,20-17-,24-23-,27-26-,34-31-,35-32-. The van der Waals surface area contributed by atoms with Gasteiger partial charge in [0.1, 0.15) is 13.2 Å². The highest BCUT2D eigenvalue weighted by Crippen LogP contribution is 2.10. The number of rotatable bonds is 37. The third kappa shape index (κ3) is 41.2. The third-order valence-corrected chi connectivity index (χ3v) is 8.49. The summed E-state index contributed by atoms with van der Waals surface area (Å²) in [7, 11) is 0. The predicted molar refractivity (Wildman–Crippen MR) is 237 cm³/mol. The van der Waals surface area contributed by atoms with Crippen LogP contribution >= 0.6 is 0 Å². The van der Waals surface area contributed by atoms with Crippen LogP contribution in [-0.4, -0.2) is 37.2 Å². The van der Waals surface area contributed by atoms with Gasteiger partial charge in [-0.25, -0.2) is 0 Å². The molecule has 0 bridgehead atoms. The lowest BCUT2D eigenvalue weighted by Gasteiger charge is -2.18. The van der Waals surface area contributed by atoms with Crippen LogP contribution < -0.4 is 0 Å². The smallest absolute Gasteiger partial charge is 0.306 e. The Morgan fingerprint density at radius 2 is 0.714 bits per heavy atom. The van der Waals surface area contributed by atoms with E-state index in [0.29, 0.717) is 19.3 Å². The molecule has 0 aromatic carbocycles. The maximum atomic E-state index is 12.7. The monoisotopic (exact) mass is 775 g/mol. The number of carbonyl (C=O) groups excluding carboxylic acids is 3. The fourth-order valence-electron chi connectivity index (χ4n) is 5.24. The minimum atomic E-state index is -0.830. The summed E-state index contributed by atoms with van der Waals surface area (Å²) < 4.78 is 16.5. The van der Waals surface area contributed by atoms with E-state index >= 15 is 0 Å². The maximum Gasteiger partial charge on any atom is 0.306 e. The third-order valence-electron chi connectivity index (χ3n) is 8.49. The topological polar surface area (TPSA) is 78.9 Å². The van der Waals surface area contributed by atoms with Crippen LogP contribution in [0.5, 0.6) is 0 Å². The van der Waals surface area contributed by atoms with Crippen LogP contribution in [0, 0.1) is 0 Å². The van der Waals surface area contributed by atoms with Gasteiger partial charge in [0.05, 0.1) is 0 Å². The van der Waals surface area contributed by atoms with Crippen LogP contribution in [0.25, 0.3) is 0 Å². The number of hydrogen-bond acceptors (Lipinski definition) is 6. The van der Waals surface area contributed by atoms with E-state index in [-0.39, 0.29) is 44.0 Å². The fourth-order valence-corrected chi connectivity index (χ4v) is 5.24. The van der Waals surface area contributed by atoms with Crippen molar-refractivity contribution in [2.24, 2.45) is 0 Å². The Morgan fingerprint density at radius 1 is 0.375 bits per heavy atom. The number of allylic oxidation sites excluding steroid dienone is 18.